The van der Waals surface area contributed by atoms with E-state index < -0.39 is 0 Å². The topological polar surface area (TPSA) is 74.5 Å². The standard InChI is InChI=1S/C23H22N4O3/c1-24-21-14-25-26(15-16-9-11-20(30-2)12-10-16)23(21)22(17-5-3-6-17)18-7-4-8-19(13-18)27(28)29/h4,7-14,17,22H,3,5-6,15H2,2H3. The van der Waals surface area contributed by atoms with Gasteiger partial charge in [0, 0.05) is 18.1 Å². The molecule has 7 heteroatoms. The van der Waals surface area contributed by atoms with E-state index in [0.717, 1.165) is 41.8 Å². The summed E-state index contributed by atoms with van der Waals surface area (Å²) >= 11 is 0. The van der Waals surface area contributed by atoms with Crippen molar-refractivity contribution in [2.24, 2.45) is 5.92 Å². The number of nitrogens with zero attached hydrogens (tertiary/aromatic N) is 4. The molecule has 4 rings (SSSR count). The molecule has 0 bridgehead atoms. The Labute approximate surface area is 174 Å². The number of hydrogen-bond donors (Lipinski definition) is 0. The third kappa shape index (κ3) is 3.77. The fourth-order valence-electron chi connectivity index (χ4n) is 4.08. The van der Waals surface area contributed by atoms with Gasteiger partial charge < -0.3 is 4.74 Å². The number of aromatic nitrogens is 2. The van der Waals surface area contributed by atoms with Crippen LogP contribution in [0.15, 0.2) is 54.7 Å². The summed E-state index contributed by atoms with van der Waals surface area (Å²) in [5.41, 5.74) is 3.33. The maximum Gasteiger partial charge on any atom is 0.269 e. The van der Waals surface area contributed by atoms with Crippen LogP contribution < -0.4 is 4.74 Å². The second-order valence-electron chi connectivity index (χ2n) is 7.55. The molecule has 1 unspecified atom stereocenters. The molecule has 7 nitrogen and oxygen atoms in total. The third-order valence-corrected chi connectivity index (χ3v) is 5.83. The van der Waals surface area contributed by atoms with Gasteiger partial charge in [-0.3, -0.25) is 14.8 Å². The maximum atomic E-state index is 11.3. The van der Waals surface area contributed by atoms with Crippen LogP contribution in [0.3, 0.4) is 0 Å². The SMILES string of the molecule is [C-]#[N+]c1cnn(Cc2ccc(OC)cc2)c1C(c1cccc([N+](=O)[O-])c1)C1CCC1. The number of ether oxygens (including phenoxy) is 1. The Hall–Kier alpha value is -3.66. The molecule has 1 saturated carbocycles. The van der Waals surface area contributed by atoms with Gasteiger partial charge in [-0.25, -0.2) is 4.85 Å². The minimum Gasteiger partial charge on any atom is -0.497 e. The van der Waals surface area contributed by atoms with Crippen molar-refractivity contribution < 1.29 is 9.66 Å². The van der Waals surface area contributed by atoms with Gasteiger partial charge in [0.15, 0.2) is 0 Å². The number of benzene rings is 2. The molecule has 1 heterocycles. The van der Waals surface area contributed by atoms with Crippen molar-refractivity contribution in [1.82, 2.24) is 9.78 Å². The molecule has 3 aromatic rings. The normalized spacial score (nSPS) is 14.5. The monoisotopic (exact) mass is 402 g/mol. The highest BCUT2D eigenvalue weighted by Crippen LogP contribution is 2.46. The molecular formula is C23H22N4O3. The van der Waals surface area contributed by atoms with Gasteiger partial charge in [-0.05, 0) is 42.0 Å². The molecule has 1 aliphatic carbocycles. The van der Waals surface area contributed by atoms with E-state index in [2.05, 4.69) is 9.94 Å². The molecule has 30 heavy (non-hydrogen) atoms. The van der Waals surface area contributed by atoms with Gasteiger partial charge in [-0.1, -0.05) is 30.7 Å². The average Bonchev–Trinajstić information content (AvgIpc) is 3.13. The molecule has 0 aliphatic heterocycles. The lowest BCUT2D eigenvalue weighted by molar-refractivity contribution is -0.384. The molecule has 0 amide bonds. The summed E-state index contributed by atoms with van der Waals surface area (Å²) in [6, 6.07) is 14.6. The van der Waals surface area contributed by atoms with E-state index in [1.54, 1.807) is 25.4 Å². The zero-order valence-corrected chi connectivity index (χ0v) is 16.7. The van der Waals surface area contributed by atoms with Crippen LogP contribution in [0, 0.1) is 22.6 Å². The van der Waals surface area contributed by atoms with Crippen molar-refractivity contribution in [3.63, 3.8) is 0 Å². The molecular weight excluding hydrogens is 380 g/mol. The number of hydrogen-bond acceptors (Lipinski definition) is 4. The van der Waals surface area contributed by atoms with E-state index in [-0.39, 0.29) is 16.5 Å². The molecule has 0 saturated heterocycles. The fraction of sp³-hybridized carbons (Fsp3) is 0.304. The van der Waals surface area contributed by atoms with Gasteiger partial charge in [0.05, 0.1) is 37.0 Å². The van der Waals surface area contributed by atoms with Crippen molar-refractivity contribution in [3.8, 4) is 5.75 Å². The predicted octanol–water partition coefficient (Wildman–Crippen LogP) is 5.33. The summed E-state index contributed by atoms with van der Waals surface area (Å²) in [7, 11) is 1.63. The van der Waals surface area contributed by atoms with Crippen LogP contribution in [0.1, 0.15) is 42.0 Å². The molecule has 2 aromatic carbocycles. The maximum absolute atomic E-state index is 11.3. The van der Waals surface area contributed by atoms with Crippen LogP contribution >= 0.6 is 0 Å². The van der Waals surface area contributed by atoms with Gasteiger partial charge in [0.1, 0.15) is 5.75 Å². The molecule has 1 fully saturated rings. The Morgan fingerprint density at radius 2 is 2.07 bits per heavy atom. The minimum atomic E-state index is -0.369. The number of nitro groups is 1. The Morgan fingerprint density at radius 1 is 1.30 bits per heavy atom. The Bertz CT molecular complexity index is 1090. The molecule has 0 N–H and O–H groups in total. The van der Waals surface area contributed by atoms with E-state index in [0.29, 0.717) is 18.2 Å². The molecule has 0 radical (unpaired) electrons. The van der Waals surface area contributed by atoms with E-state index >= 15 is 0 Å². The number of nitro benzene ring substituents is 1. The Morgan fingerprint density at radius 3 is 2.67 bits per heavy atom. The van der Waals surface area contributed by atoms with Crippen LogP contribution in [-0.4, -0.2) is 21.8 Å². The first kappa shape index (κ1) is 19.6. The number of methoxy groups -OCH3 is 1. The summed E-state index contributed by atoms with van der Waals surface area (Å²) in [6.07, 6.45) is 4.82. The summed E-state index contributed by atoms with van der Waals surface area (Å²) in [4.78, 5) is 14.7. The molecule has 152 valence electrons. The zero-order valence-electron chi connectivity index (χ0n) is 16.7. The highest BCUT2D eigenvalue weighted by molar-refractivity contribution is 5.54. The van der Waals surface area contributed by atoms with E-state index in [1.165, 1.54) is 6.07 Å². The van der Waals surface area contributed by atoms with E-state index in [1.807, 2.05) is 35.0 Å². The molecule has 1 aliphatic rings. The van der Waals surface area contributed by atoms with Crippen molar-refractivity contribution >= 4 is 11.4 Å². The molecule has 1 aromatic heterocycles. The summed E-state index contributed by atoms with van der Waals surface area (Å²) in [5.74, 6) is 1.03. The van der Waals surface area contributed by atoms with Gasteiger partial charge in [-0.15, -0.1) is 0 Å². The van der Waals surface area contributed by atoms with Gasteiger partial charge in [0.2, 0.25) is 5.69 Å². The fourth-order valence-corrected chi connectivity index (χ4v) is 4.08. The van der Waals surface area contributed by atoms with Gasteiger partial charge in [-0.2, -0.15) is 5.10 Å². The highest BCUT2D eigenvalue weighted by Gasteiger charge is 2.34. The van der Waals surface area contributed by atoms with Crippen molar-refractivity contribution in [3.05, 3.63) is 93.1 Å². The lowest BCUT2D eigenvalue weighted by atomic mass is 9.71. The first-order chi connectivity index (χ1) is 14.6. The van der Waals surface area contributed by atoms with Crippen molar-refractivity contribution in [2.45, 2.75) is 31.7 Å². The number of non-ortho nitro benzene ring substituents is 1. The second kappa shape index (κ2) is 8.37. The van der Waals surface area contributed by atoms with Gasteiger partial charge in [0.25, 0.3) is 5.69 Å². The molecule has 0 spiro atoms. The average molecular weight is 402 g/mol. The van der Waals surface area contributed by atoms with Crippen LogP contribution in [0.25, 0.3) is 4.85 Å². The van der Waals surface area contributed by atoms with E-state index in [9.17, 15) is 10.1 Å². The number of rotatable bonds is 7. The summed E-state index contributed by atoms with van der Waals surface area (Å²) < 4.78 is 7.10. The first-order valence-electron chi connectivity index (χ1n) is 9.91. The minimum absolute atomic E-state index is 0.0717. The summed E-state index contributed by atoms with van der Waals surface area (Å²) in [6.45, 7) is 8.18. The first-order valence-corrected chi connectivity index (χ1v) is 9.91. The van der Waals surface area contributed by atoms with Crippen LogP contribution in [0.2, 0.25) is 0 Å². The Balaban J connectivity index is 1.77. The van der Waals surface area contributed by atoms with Crippen LogP contribution in [0.4, 0.5) is 11.4 Å². The van der Waals surface area contributed by atoms with Gasteiger partial charge >= 0.3 is 0 Å². The van der Waals surface area contributed by atoms with Crippen LogP contribution in [-0.2, 0) is 6.54 Å². The smallest absolute Gasteiger partial charge is 0.269 e. The highest BCUT2D eigenvalue weighted by atomic mass is 16.6. The Kier molecular flexibility index (Phi) is 5.48. The van der Waals surface area contributed by atoms with Crippen molar-refractivity contribution in [2.75, 3.05) is 7.11 Å². The largest absolute Gasteiger partial charge is 0.497 e. The lowest BCUT2D eigenvalue weighted by Gasteiger charge is -2.35. The lowest BCUT2D eigenvalue weighted by Crippen LogP contribution is -2.24. The van der Waals surface area contributed by atoms with E-state index in [4.69, 9.17) is 11.3 Å². The zero-order chi connectivity index (χ0) is 21.1. The van der Waals surface area contributed by atoms with Crippen molar-refractivity contribution in [1.29, 1.82) is 0 Å². The van der Waals surface area contributed by atoms with Crippen LogP contribution in [0.5, 0.6) is 5.75 Å². The third-order valence-electron chi connectivity index (χ3n) is 5.83. The molecule has 1 atom stereocenters. The summed E-state index contributed by atoms with van der Waals surface area (Å²) in [5, 5.41) is 15.8. The second-order valence-corrected chi connectivity index (χ2v) is 7.55. The predicted molar refractivity (Wildman–Crippen MR) is 113 cm³/mol. The quantitative estimate of drug-likeness (QED) is 0.304.